The van der Waals surface area contributed by atoms with Crippen molar-refractivity contribution in [2.24, 2.45) is 0 Å². The van der Waals surface area contributed by atoms with E-state index in [9.17, 15) is 0 Å². The molecule has 1 heterocycles. The predicted molar refractivity (Wildman–Crippen MR) is 218 cm³/mol. The average Bonchev–Trinajstić information content (AvgIpc) is 3.14. The Morgan fingerprint density at radius 2 is 0.229 bits per heavy atom. The lowest BCUT2D eigenvalue weighted by Gasteiger charge is -2.47. The van der Waals surface area contributed by atoms with E-state index in [1.165, 1.54) is 91.2 Å². The van der Waals surface area contributed by atoms with Crippen LogP contribution in [0.3, 0.4) is 0 Å². The van der Waals surface area contributed by atoms with Crippen molar-refractivity contribution in [1.29, 1.82) is 0 Å². The third-order valence-corrected chi connectivity index (χ3v) is 36.6. The van der Waals surface area contributed by atoms with Crippen molar-refractivity contribution in [2.45, 2.75) is 0 Å². The molecule has 0 aromatic carbocycles. The van der Waals surface area contributed by atoms with Crippen LogP contribution in [0.5, 0.6) is 0 Å². The van der Waals surface area contributed by atoms with Gasteiger partial charge < -0.3 is 32.9 Å². The van der Waals surface area contributed by atoms with Gasteiger partial charge in [-0.25, -0.2) is 0 Å². The van der Waals surface area contributed by atoms with Crippen LogP contribution in [-0.2, 0) is 32.9 Å². The molecule has 0 saturated carbocycles. The van der Waals surface area contributed by atoms with Crippen molar-refractivity contribution in [3.8, 4) is 0 Å². The van der Waals surface area contributed by atoms with E-state index >= 15 is 0 Å². The fourth-order valence-electron chi connectivity index (χ4n) is 4.16. The Labute approximate surface area is 296 Å². The summed E-state index contributed by atoms with van der Waals surface area (Å²) in [6, 6.07) is 0. The molecule has 1 fully saturated rings. The molecule has 8 nitrogen and oxygen atoms in total. The molecule has 0 spiro atoms. The molecule has 1 saturated heterocycles. The van der Waals surface area contributed by atoms with E-state index in [0.717, 1.165) is 0 Å². The summed E-state index contributed by atoms with van der Waals surface area (Å²) in [6.45, 7) is 64.6. The van der Waals surface area contributed by atoms with Crippen molar-refractivity contribution >= 4 is 68.5 Å². The molecule has 0 aliphatic carbocycles. The summed E-state index contributed by atoms with van der Waals surface area (Å²) in [6.07, 6.45) is 0. The fourth-order valence-corrected chi connectivity index (χ4v) is 36.5. The van der Waals surface area contributed by atoms with Gasteiger partial charge in [0.15, 0.2) is 0 Å². The van der Waals surface area contributed by atoms with Gasteiger partial charge >= 0.3 is 68.5 Å². The van der Waals surface area contributed by atoms with Crippen LogP contribution in [0.25, 0.3) is 0 Å². The summed E-state index contributed by atoms with van der Waals surface area (Å²) in [5, 5.41) is 0. The molecular weight excluding hydrogens is 737 g/mol. The minimum Gasteiger partial charge on any atom is -0.403 e. The zero-order valence-electron chi connectivity index (χ0n) is 27.8. The van der Waals surface area contributed by atoms with Crippen LogP contribution >= 0.6 is 0 Å². The smallest absolute Gasteiger partial charge is 0.374 e. The maximum absolute atomic E-state index is 6.83. The Hall–Kier alpha value is -2.74. The van der Waals surface area contributed by atoms with Gasteiger partial charge in [0.25, 0.3) is 0 Å². The summed E-state index contributed by atoms with van der Waals surface area (Å²) in [7, 11) is -30.0. The molecule has 0 bridgehead atoms. The molecule has 1 aliphatic heterocycles. The Morgan fingerprint density at radius 3 is 0.271 bits per heavy atom. The second-order valence-electron chi connectivity index (χ2n) is 9.85. The number of hydrogen-bond donors (Lipinski definition) is 0. The van der Waals surface area contributed by atoms with Crippen molar-refractivity contribution < 1.29 is 32.9 Å². The molecule has 0 N–H and O–H groups in total. The SMILES string of the molecule is C=C[Si]1(C=C)O[Si](C=C)(C=C)O[Si](C=C)(C=C)O[Si](C=C)(C=C)O[Si](C=C)(C=C)O[Si](C=C)(C=C)O[Si](C=C)(C=C)O[Si](C=C)(C=C)O1. The fraction of sp³-hybridized carbons (Fsp3) is 0. The first-order chi connectivity index (χ1) is 22.6. The van der Waals surface area contributed by atoms with Gasteiger partial charge in [-0.1, -0.05) is 0 Å². The molecule has 256 valence electrons. The highest BCUT2D eigenvalue weighted by Crippen LogP contribution is 2.36. The van der Waals surface area contributed by atoms with Crippen molar-refractivity contribution in [3.63, 3.8) is 0 Å². The van der Waals surface area contributed by atoms with Crippen LogP contribution in [0.4, 0.5) is 0 Å². The van der Waals surface area contributed by atoms with Crippen LogP contribution in [0.2, 0.25) is 0 Å². The summed E-state index contributed by atoms with van der Waals surface area (Å²) >= 11 is 0. The first-order valence-corrected chi connectivity index (χ1v) is 30.2. The molecule has 0 radical (unpaired) electrons. The third kappa shape index (κ3) is 8.88. The van der Waals surface area contributed by atoms with Gasteiger partial charge in [-0.3, -0.25) is 0 Å². The van der Waals surface area contributed by atoms with E-state index in [-0.39, 0.29) is 0 Å². The molecule has 0 amide bonds. The molecule has 0 aromatic heterocycles. The molecule has 1 rings (SSSR count). The topological polar surface area (TPSA) is 73.8 Å². The van der Waals surface area contributed by atoms with Crippen molar-refractivity contribution in [1.82, 2.24) is 0 Å². The van der Waals surface area contributed by atoms with Gasteiger partial charge in [-0.05, 0) is 91.2 Å². The quantitative estimate of drug-likeness (QED) is 0.152. The molecular formula is C32H48O8Si8. The highest BCUT2D eigenvalue weighted by atomic mass is 28.5. The Balaban J connectivity index is 4.51. The third-order valence-electron chi connectivity index (χ3n) is 7.10. The van der Waals surface area contributed by atoms with Crippen LogP contribution in [0.15, 0.2) is 196 Å². The normalized spacial score (nSPS) is 23.3. The lowest BCUT2D eigenvalue weighted by molar-refractivity contribution is 0.265. The van der Waals surface area contributed by atoms with Crippen LogP contribution in [-0.4, -0.2) is 68.5 Å². The van der Waals surface area contributed by atoms with E-state index in [2.05, 4.69) is 105 Å². The minimum atomic E-state index is -3.76. The molecule has 16 heteroatoms. The Bertz CT molecular complexity index is 998. The van der Waals surface area contributed by atoms with Gasteiger partial charge in [-0.2, -0.15) is 0 Å². The van der Waals surface area contributed by atoms with Gasteiger partial charge in [0.2, 0.25) is 0 Å². The first-order valence-electron chi connectivity index (χ1n) is 14.4. The minimum absolute atomic E-state index is 1.52. The van der Waals surface area contributed by atoms with Gasteiger partial charge in [-0.15, -0.1) is 105 Å². The van der Waals surface area contributed by atoms with E-state index in [1.54, 1.807) is 0 Å². The Kier molecular flexibility index (Phi) is 15.6. The highest BCUT2D eigenvalue weighted by molar-refractivity contribution is 7.04. The standard InChI is InChI=1S/C32H48O8Si8/c1-17-41(18-2)33-42(19-3,20-4)35-44(23-7,24-8)37-46(27-11,28-12)39-48(31-15,32-16)40-47(29-13,30-14)38-45(25-9,26-10)36-43(21-5,22-6)34-41/h17-32H,1-16H2. The summed E-state index contributed by atoms with van der Waals surface area (Å²) in [5.74, 6) is 0. The summed E-state index contributed by atoms with van der Waals surface area (Å²) < 4.78 is 54.7. The van der Waals surface area contributed by atoms with E-state index < -0.39 is 68.5 Å². The number of hydrogen-bond acceptors (Lipinski definition) is 8. The lowest BCUT2D eigenvalue weighted by Crippen LogP contribution is -2.67. The summed E-state index contributed by atoms with van der Waals surface area (Å²) in [5.41, 5.74) is 24.4. The monoisotopic (exact) mass is 784 g/mol. The zero-order valence-corrected chi connectivity index (χ0v) is 35.8. The van der Waals surface area contributed by atoms with Gasteiger partial charge in [0, 0.05) is 0 Å². The van der Waals surface area contributed by atoms with Crippen LogP contribution < -0.4 is 0 Å². The lowest BCUT2D eigenvalue weighted by atomic mass is 11.2. The van der Waals surface area contributed by atoms with E-state index in [4.69, 9.17) is 32.9 Å². The van der Waals surface area contributed by atoms with Gasteiger partial charge in [0.1, 0.15) is 0 Å². The molecule has 1 aliphatic rings. The maximum Gasteiger partial charge on any atom is 0.374 e. The van der Waals surface area contributed by atoms with E-state index in [0.29, 0.717) is 0 Å². The zero-order chi connectivity index (χ0) is 37.0. The molecule has 0 aromatic rings. The molecule has 0 unspecified atom stereocenters. The van der Waals surface area contributed by atoms with Crippen molar-refractivity contribution in [3.05, 3.63) is 196 Å². The first kappa shape index (κ1) is 43.3. The molecule has 48 heavy (non-hydrogen) atoms. The average molecular weight is 785 g/mol. The molecule has 0 atom stereocenters. The van der Waals surface area contributed by atoms with Gasteiger partial charge in [0.05, 0.1) is 0 Å². The summed E-state index contributed by atoms with van der Waals surface area (Å²) in [4.78, 5) is 0. The maximum atomic E-state index is 6.83. The highest BCUT2D eigenvalue weighted by Gasteiger charge is 2.58. The predicted octanol–water partition coefficient (Wildman–Crippen LogP) is 7.27. The van der Waals surface area contributed by atoms with E-state index in [1.807, 2.05) is 0 Å². The van der Waals surface area contributed by atoms with Crippen LogP contribution in [0.1, 0.15) is 0 Å². The second kappa shape index (κ2) is 17.3. The van der Waals surface area contributed by atoms with Crippen LogP contribution in [0, 0.1) is 0 Å². The number of rotatable bonds is 16. The second-order valence-corrected chi connectivity index (χ2v) is 34.5. The van der Waals surface area contributed by atoms with Crippen molar-refractivity contribution in [2.75, 3.05) is 0 Å². The Morgan fingerprint density at radius 1 is 0.167 bits per heavy atom. The largest absolute Gasteiger partial charge is 0.403 e.